The Balaban J connectivity index is 1.50. The van der Waals surface area contributed by atoms with Gasteiger partial charge in [-0.3, -0.25) is 9.20 Å². The molecule has 0 aliphatic carbocycles. The van der Waals surface area contributed by atoms with Crippen LogP contribution in [0.15, 0.2) is 76.5 Å². The van der Waals surface area contributed by atoms with Crippen LogP contribution in [0.5, 0.6) is 0 Å². The Hall–Kier alpha value is -3.72. The smallest absolute Gasteiger partial charge is 0.234 e. The van der Waals surface area contributed by atoms with Gasteiger partial charge in [0.25, 0.3) is 0 Å². The molecule has 2 aromatic carbocycles. The van der Waals surface area contributed by atoms with E-state index in [0.717, 1.165) is 10.9 Å². The largest absolute Gasteiger partial charge is 0.461 e. The van der Waals surface area contributed by atoms with Crippen molar-refractivity contribution in [3.63, 3.8) is 0 Å². The molecule has 0 bridgehead atoms. The number of furan rings is 1. The Kier molecular flexibility index (Phi) is 4.64. The maximum atomic E-state index is 13.8. The molecule has 148 valence electrons. The van der Waals surface area contributed by atoms with Gasteiger partial charge in [-0.25, -0.2) is 9.37 Å². The summed E-state index contributed by atoms with van der Waals surface area (Å²) in [4.78, 5) is 17.0. The number of hydrogen-bond donors (Lipinski definition) is 1. The molecule has 0 atom stereocenters. The number of benzene rings is 2. The Morgan fingerprint density at radius 3 is 2.73 bits per heavy atom. The summed E-state index contributed by atoms with van der Waals surface area (Å²) in [5, 5.41) is 12.5. The second kappa shape index (κ2) is 7.60. The van der Waals surface area contributed by atoms with Gasteiger partial charge in [0.2, 0.25) is 5.91 Å². The van der Waals surface area contributed by atoms with E-state index in [4.69, 9.17) is 9.40 Å². The number of nitrogens with one attached hydrogen (secondary N) is 1. The standard InChI is InChI=1S/C21H14FN5O2S/c22-14-7-2-4-9-16(14)23-18(28)12-30-21-26-25-19-13-6-1-3-8-15(13)24-20(27(19)21)17-10-5-11-29-17/h1-11H,12H2,(H,23,28). The van der Waals surface area contributed by atoms with Crippen molar-refractivity contribution in [3.8, 4) is 11.6 Å². The molecule has 0 aliphatic rings. The molecule has 0 aliphatic heterocycles. The first kappa shape index (κ1) is 18.3. The summed E-state index contributed by atoms with van der Waals surface area (Å²) >= 11 is 1.18. The van der Waals surface area contributed by atoms with E-state index in [0.29, 0.717) is 22.4 Å². The molecule has 5 aromatic rings. The quantitative estimate of drug-likeness (QED) is 0.425. The monoisotopic (exact) mass is 419 g/mol. The predicted molar refractivity (Wildman–Crippen MR) is 112 cm³/mol. The number of amides is 1. The van der Waals surface area contributed by atoms with Crippen LogP contribution in [0.2, 0.25) is 0 Å². The Morgan fingerprint density at radius 1 is 1.07 bits per heavy atom. The second-order valence-corrected chi connectivity index (χ2v) is 7.33. The highest BCUT2D eigenvalue weighted by molar-refractivity contribution is 7.99. The average Bonchev–Trinajstić information content (AvgIpc) is 3.44. The Labute approximate surface area is 173 Å². The number of aromatic nitrogens is 4. The van der Waals surface area contributed by atoms with Crippen molar-refractivity contribution in [1.82, 2.24) is 19.6 Å². The molecule has 7 nitrogen and oxygen atoms in total. The van der Waals surface area contributed by atoms with Crippen molar-refractivity contribution in [3.05, 3.63) is 72.7 Å². The summed E-state index contributed by atoms with van der Waals surface area (Å²) in [5.41, 5.74) is 1.51. The minimum Gasteiger partial charge on any atom is -0.461 e. The van der Waals surface area contributed by atoms with Gasteiger partial charge >= 0.3 is 0 Å². The zero-order valence-corrected chi connectivity index (χ0v) is 16.3. The van der Waals surface area contributed by atoms with Gasteiger partial charge in [0.15, 0.2) is 22.4 Å². The number of carbonyl (C=O) groups excluding carboxylic acids is 1. The first-order valence-electron chi connectivity index (χ1n) is 9.05. The van der Waals surface area contributed by atoms with E-state index in [2.05, 4.69) is 15.5 Å². The molecular weight excluding hydrogens is 405 g/mol. The molecule has 0 radical (unpaired) electrons. The summed E-state index contributed by atoms with van der Waals surface area (Å²) < 4.78 is 21.1. The fourth-order valence-corrected chi connectivity index (χ4v) is 3.84. The molecule has 9 heteroatoms. The van der Waals surface area contributed by atoms with Crippen LogP contribution in [0, 0.1) is 5.82 Å². The van der Waals surface area contributed by atoms with Crippen LogP contribution >= 0.6 is 11.8 Å². The van der Waals surface area contributed by atoms with Gasteiger partial charge in [0, 0.05) is 5.39 Å². The van der Waals surface area contributed by atoms with E-state index < -0.39 is 5.82 Å². The lowest BCUT2D eigenvalue weighted by atomic mass is 10.2. The summed E-state index contributed by atoms with van der Waals surface area (Å²) in [6, 6.07) is 17.2. The average molecular weight is 419 g/mol. The first-order chi connectivity index (χ1) is 14.7. The summed E-state index contributed by atoms with van der Waals surface area (Å²) in [6.45, 7) is 0. The van der Waals surface area contributed by atoms with Crippen molar-refractivity contribution in [2.75, 3.05) is 11.1 Å². The highest BCUT2D eigenvalue weighted by Crippen LogP contribution is 2.29. The normalized spacial score (nSPS) is 11.2. The zero-order chi connectivity index (χ0) is 20.5. The van der Waals surface area contributed by atoms with E-state index in [1.807, 2.05) is 24.3 Å². The van der Waals surface area contributed by atoms with Gasteiger partial charge in [0.05, 0.1) is 23.2 Å². The molecule has 0 saturated carbocycles. The van der Waals surface area contributed by atoms with Crippen LogP contribution in [-0.4, -0.2) is 31.2 Å². The number of hydrogen-bond acceptors (Lipinski definition) is 6. The molecule has 0 unspecified atom stereocenters. The molecule has 1 N–H and O–H groups in total. The van der Waals surface area contributed by atoms with E-state index in [1.165, 1.54) is 23.9 Å². The molecule has 5 rings (SSSR count). The lowest BCUT2D eigenvalue weighted by molar-refractivity contribution is -0.113. The minimum atomic E-state index is -0.487. The minimum absolute atomic E-state index is 0.0273. The Bertz CT molecular complexity index is 1370. The highest BCUT2D eigenvalue weighted by Gasteiger charge is 2.19. The lowest BCUT2D eigenvalue weighted by Gasteiger charge is -2.08. The number of anilines is 1. The molecule has 0 saturated heterocycles. The van der Waals surface area contributed by atoms with Crippen molar-refractivity contribution in [2.24, 2.45) is 0 Å². The van der Waals surface area contributed by atoms with Gasteiger partial charge in [-0.2, -0.15) is 0 Å². The van der Waals surface area contributed by atoms with Gasteiger partial charge < -0.3 is 9.73 Å². The number of carbonyl (C=O) groups is 1. The first-order valence-corrected chi connectivity index (χ1v) is 10.0. The van der Waals surface area contributed by atoms with Crippen LogP contribution in [0.25, 0.3) is 28.1 Å². The van der Waals surface area contributed by atoms with Crippen molar-refractivity contribution in [1.29, 1.82) is 0 Å². The molecule has 0 spiro atoms. The zero-order valence-electron chi connectivity index (χ0n) is 15.4. The number of para-hydroxylation sites is 2. The summed E-state index contributed by atoms with van der Waals surface area (Å²) in [6.07, 6.45) is 1.57. The predicted octanol–water partition coefficient (Wildman–Crippen LogP) is 4.41. The van der Waals surface area contributed by atoms with Crippen LogP contribution in [-0.2, 0) is 4.79 Å². The summed E-state index contributed by atoms with van der Waals surface area (Å²) in [7, 11) is 0. The highest BCUT2D eigenvalue weighted by atomic mass is 32.2. The van der Waals surface area contributed by atoms with E-state index in [-0.39, 0.29) is 17.3 Å². The molecular formula is C21H14FN5O2S. The van der Waals surface area contributed by atoms with Crippen molar-refractivity contribution >= 4 is 39.9 Å². The van der Waals surface area contributed by atoms with Crippen LogP contribution in [0.4, 0.5) is 10.1 Å². The fourth-order valence-electron chi connectivity index (χ4n) is 3.10. The summed E-state index contributed by atoms with van der Waals surface area (Å²) in [5.74, 6) is 0.285. The number of thioether (sulfide) groups is 1. The second-order valence-electron chi connectivity index (χ2n) is 6.39. The topological polar surface area (TPSA) is 85.3 Å². The fraction of sp³-hybridized carbons (Fsp3) is 0.0476. The van der Waals surface area contributed by atoms with E-state index in [9.17, 15) is 9.18 Å². The van der Waals surface area contributed by atoms with Crippen molar-refractivity contribution < 1.29 is 13.6 Å². The van der Waals surface area contributed by atoms with Crippen molar-refractivity contribution in [2.45, 2.75) is 5.16 Å². The van der Waals surface area contributed by atoms with Gasteiger partial charge in [-0.1, -0.05) is 36.0 Å². The maximum Gasteiger partial charge on any atom is 0.234 e. The lowest BCUT2D eigenvalue weighted by Crippen LogP contribution is -2.15. The maximum absolute atomic E-state index is 13.8. The number of fused-ring (bicyclic) bond motifs is 3. The molecule has 30 heavy (non-hydrogen) atoms. The number of rotatable bonds is 5. The van der Waals surface area contributed by atoms with Gasteiger partial charge in [-0.15, -0.1) is 10.2 Å². The molecule has 3 heterocycles. The van der Waals surface area contributed by atoms with Crippen LogP contribution < -0.4 is 5.32 Å². The van der Waals surface area contributed by atoms with Crippen LogP contribution in [0.3, 0.4) is 0 Å². The third kappa shape index (κ3) is 3.29. The van der Waals surface area contributed by atoms with Gasteiger partial charge in [-0.05, 0) is 36.4 Å². The number of nitrogens with zero attached hydrogens (tertiary/aromatic N) is 4. The SMILES string of the molecule is O=C(CSc1nnc2c3ccccc3nc(-c3ccco3)n12)Nc1ccccc1F. The number of halogens is 1. The van der Waals surface area contributed by atoms with E-state index >= 15 is 0 Å². The third-order valence-corrected chi connectivity index (χ3v) is 5.37. The van der Waals surface area contributed by atoms with Gasteiger partial charge in [0.1, 0.15) is 5.82 Å². The molecule has 0 fully saturated rings. The molecule has 3 aromatic heterocycles. The van der Waals surface area contributed by atoms with E-state index in [1.54, 1.807) is 34.9 Å². The Morgan fingerprint density at radius 2 is 1.90 bits per heavy atom. The third-order valence-electron chi connectivity index (χ3n) is 4.44. The molecule has 1 amide bonds. The van der Waals surface area contributed by atoms with Crippen LogP contribution in [0.1, 0.15) is 0 Å².